The van der Waals surface area contributed by atoms with Crippen LogP contribution in [0.2, 0.25) is 0 Å². The molecule has 0 aromatic carbocycles. The molecule has 0 aliphatic heterocycles. The minimum atomic E-state index is -0.530. The molecule has 1 N–H and O–H groups in total. The molecule has 0 aliphatic rings. The van der Waals surface area contributed by atoms with Crippen LogP contribution < -0.4 is 5.32 Å². The summed E-state index contributed by atoms with van der Waals surface area (Å²) >= 11 is 0. The van der Waals surface area contributed by atoms with Crippen molar-refractivity contribution < 1.29 is 14.3 Å². The van der Waals surface area contributed by atoms with Gasteiger partial charge in [-0.1, -0.05) is 19.9 Å². The smallest absolute Gasteiger partial charge is 0.332 e. The van der Waals surface area contributed by atoms with Gasteiger partial charge < -0.3 is 10.1 Å². The van der Waals surface area contributed by atoms with E-state index in [0.29, 0.717) is 6.42 Å². The average Bonchev–Trinajstić information content (AvgIpc) is 2.13. The molecule has 0 aliphatic carbocycles. The summed E-state index contributed by atoms with van der Waals surface area (Å²) in [6.45, 7) is 6.70. The van der Waals surface area contributed by atoms with Crippen LogP contribution in [0.1, 0.15) is 33.1 Å². The Hall–Kier alpha value is -1.32. The van der Waals surface area contributed by atoms with Gasteiger partial charge in [0.15, 0.2) is 6.23 Å². The highest BCUT2D eigenvalue weighted by atomic mass is 16.6. The lowest BCUT2D eigenvalue weighted by Gasteiger charge is -2.16. The minimum Gasteiger partial charge on any atom is -0.439 e. The average molecular weight is 199 g/mol. The van der Waals surface area contributed by atoms with Crippen molar-refractivity contribution in [2.75, 3.05) is 0 Å². The van der Waals surface area contributed by atoms with Gasteiger partial charge >= 0.3 is 5.97 Å². The van der Waals surface area contributed by atoms with Crippen LogP contribution in [0, 0.1) is 0 Å². The maximum Gasteiger partial charge on any atom is 0.332 e. The van der Waals surface area contributed by atoms with Crippen LogP contribution in [0.3, 0.4) is 0 Å². The molecule has 1 amide bonds. The van der Waals surface area contributed by atoms with E-state index in [1.165, 1.54) is 6.92 Å². The lowest BCUT2D eigenvalue weighted by atomic mass is 10.2. The van der Waals surface area contributed by atoms with E-state index in [4.69, 9.17) is 4.74 Å². The zero-order valence-corrected chi connectivity index (χ0v) is 8.71. The molecule has 0 bridgehead atoms. The number of hydrogen-bond donors (Lipinski definition) is 1. The molecule has 0 rings (SSSR count). The molecule has 0 radical (unpaired) electrons. The highest BCUT2D eigenvalue weighted by Crippen LogP contribution is 2.02. The molecule has 0 saturated carbocycles. The van der Waals surface area contributed by atoms with Crippen LogP contribution in [-0.4, -0.2) is 18.1 Å². The lowest BCUT2D eigenvalue weighted by Crippen LogP contribution is -2.36. The van der Waals surface area contributed by atoms with E-state index >= 15 is 0 Å². The third-order valence-electron chi connectivity index (χ3n) is 1.61. The molecule has 4 heteroatoms. The summed E-state index contributed by atoms with van der Waals surface area (Å²) < 4.78 is 4.92. The van der Waals surface area contributed by atoms with Crippen molar-refractivity contribution in [1.29, 1.82) is 0 Å². The molecule has 0 aromatic rings. The maximum absolute atomic E-state index is 10.9. The van der Waals surface area contributed by atoms with Crippen molar-refractivity contribution in [3.05, 3.63) is 12.7 Å². The highest BCUT2D eigenvalue weighted by Gasteiger charge is 2.12. The van der Waals surface area contributed by atoms with Crippen molar-refractivity contribution in [3.8, 4) is 0 Å². The normalized spacial score (nSPS) is 11.6. The zero-order chi connectivity index (χ0) is 11.0. The van der Waals surface area contributed by atoms with Gasteiger partial charge in [0, 0.05) is 19.4 Å². The first-order chi connectivity index (χ1) is 6.60. The van der Waals surface area contributed by atoms with Crippen LogP contribution >= 0.6 is 0 Å². The summed E-state index contributed by atoms with van der Waals surface area (Å²) in [6, 6.07) is 0. The molecule has 14 heavy (non-hydrogen) atoms. The molecular formula is C10H17NO3. The lowest BCUT2D eigenvalue weighted by molar-refractivity contribution is -0.146. The van der Waals surface area contributed by atoms with Crippen molar-refractivity contribution in [2.24, 2.45) is 0 Å². The summed E-state index contributed by atoms with van der Waals surface area (Å²) in [5, 5.41) is 2.55. The van der Waals surface area contributed by atoms with E-state index in [2.05, 4.69) is 11.9 Å². The predicted molar refractivity (Wildman–Crippen MR) is 53.4 cm³/mol. The van der Waals surface area contributed by atoms with E-state index < -0.39 is 12.2 Å². The Morgan fingerprint density at radius 3 is 2.64 bits per heavy atom. The number of carbonyl (C=O) groups is 2. The van der Waals surface area contributed by atoms with E-state index in [9.17, 15) is 9.59 Å². The first-order valence-corrected chi connectivity index (χ1v) is 4.70. The topological polar surface area (TPSA) is 55.4 Å². The van der Waals surface area contributed by atoms with Gasteiger partial charge in [-0.05, 0) is 6.42 Å². The van der Waals surface area contributed by atoms with Crippen LogP contribution in [-0.2, 0) is 14.3 Å². The largest absolute Gasteiger partial charge is 0.439 e. The molecule has 0 fully saturated rings. The first-order valence-electron chi connectivity index (χ1n) is 4.70. The fraction of sp³-hybridized carbons (Fsp3) is 0.600. The SMILES string of the molecule is C=CC(=O)OC(CCCC)NC(C)=O. The molecule has 0 saturated heterocycles. The maximum atomic E-state index is 10.9. The Kier molecular flexibility index (Phi) is 6.45. The number of ether oxygens (including phenoxy) is 1. The van der Waals surface area contributed by atoms with Crippen LogP contribution in [0.5, 0.6) is 0 Å². The van der Waals surface area contributed by atoms with Crippen LogP contribution in [0.4, 0.5) is 0 Å². The second kappa shape index (κ2) is 7.12. The van der Waals surface area contributed by atoms with Crippen molar-refractivity contribution in [1.82, 2.24) is 5.32 Å². The number of hydrogen-bond acceptors (Lipinski definition) is 3. The third kappa shape index (κ3) is 6.22. The fourth-order valence-corrected chi connectivity index (χ4v) is 0.965. The number of unbranched alkanes of at least 4 members (excludes halogenated alkanes) is 1. The molecular weight excluding hydrogens is 182 g/mol. The summed E-state index contributed by atoms with van der Waals surface area (Å²) in [5.74, 6) is -0.720. The number of amides is 1. The highest BCUT2D eigenvalue weighted by molar-refractivity contribution is 5.81. The van der Waals surface area contributed by atoms with Crippen LogP contribution in [0.25, 0.3) is 0 Å². The molecule has 0 aromatic heterocycles. The number of rotatable bonds is 6. The van der Waals surface area contributed by atoms with Gasteiger partial charge in [0.2, 0.25) is 5.91 Å². The molecule has 1 atom stereocenters. The van der Waals surface area contributed by atoms with Crippen LogP contribution in [0.15, 0.2) is 12.7 Å². The Bertz CT molecular complexity index is 213. The van der Waals surface area contributed by atoms with Gasteiger partial charge in [0.25, 0.3) is 0 Å². The van der Waals surface area contributed by atoms with Gasteiger partial charge in [-0.2, -0.15) is 0 Å². The third-order valence-corrected chi connectivity index (χ3v) is 1.61. The van der Waals surface area contributed by atoms with Crippen molar-refractivity contribution in [3.63, 3.8) is 0 Å². The van der Waals surface area contributed by atoms with Crippen molar-refractivity contribution in [2.45, 2.75) is 39.3 Å². The quantitative estimate of drug-likeness (QED) is 0.399. The molecule has 4 nitrogen and oxygen atoms in total. The zero-order valence-electron chi connectivity index (χ0n) is 8.71. The van der Waals surface area contributed by atoms with E-state index in [1.807, 2.05) is 6.92 Å². The summed E-state index contributed by atoms with van der Waals surface area (Å²) in [7, 11) is 0. The Morgan fingerprint density at radius 2 is 2.21 bits per heavy atom. The van der Waals surface area contributed by atoms with Gasteiger partial charge in [-0.3, -0.25) is 4.79 Å². The van der Waals surface area contributed by atoms with Crippen molar-refractivity contribution >= 4 is 11.9 Å². The standard InChI is InChI=1S/C10H17NO3/c1-4-6-7-9(11-8(3)12)14-10(13)5-2/h5,9H,2,4,6-7H2,1,3H3,(H,11,12). The molecule has 0 spiro atoms. The van der Waals surface area contributed by atoms with Gasteiger partial charge in [-0.15, -0.1) is 0 Å². The molecule has 1 unspecified atom stereocenters. The number of carbonyl (C=O) groups excluding carboxylic acids is 2. The van der Waals surface area contributed by atoms with Gasteiger partial charge in [0.05, 0.1) is 0 Å². The predicted octanol–water partition coefficient (Wildman–Crippen LogP) is 1.37. The first kappa shape index (κ1) is 12.7. The fourth-order valence-electron chi connectivity index (χ4n) is 0.965. The second-order valence-electron chi connectivity index (χ2n) is 2.97. The van der Waals surface area contributed by atoms with E-state index in [-0.39, 0.29) is 5.91 Å². The summed E-state index contributed by atoms with van der Waals surface area (Å²) in [5.41, 5.74) is 0. The van der Waals surface area contributed by atoms with E-state index in [0.717, 1.165) is 18.9 Å². The molecule has 0 heterocycles. The Morgan fingerprint density at radius 1 is 1.57 bits per heavy atom. The summed E-state index contributed by atoms with van der Waals surface area (Å²) in [4.78, 5) is 21.6. The van der Waals surface area contributed by atoms with Gasteiger partial charge in [-0.25, -0.2) is 4.79 Å². The monoisotopic (exact) mass is 199 g/mol. The number of esters is 1. The summed E-state index contributed by atoms with van der Waals surface area (Å²) in [6.07, 6.45) is 3.08. The Balaban J connectivity index is 4.02. The molecule has 80 valence electrons. The minimum absolute atomic E-state index is 0.206. The van der Waals surface area contributed by atoms with Gasteiger partial charge in [0.1, 0.15) is 0 Å². The second-order valence-corrected chi connectivity index (χ2v) is 2.97. The van der Waals surface area contributed by atoms with E-state index in [1.54, 1.807) is 0 Å². The number of nitrogens with one attached hydrogen (secondary N) is 1. The Labute approximate surface area is 84.3 Å².